The molecule has 0 spiro atoms. The van der Waals surface area contributed by atoms with Crippen LogP contribution in [0.4, 0.5) is 0 Å². The third-order valence-electron chi connectivity index (χ3n) is 4.86. The van der Waals surface area contributed by atoms with Crippen molar-refractivity contribution in [3.63, 3.8) is 0 Å². The maximum atomic E-state index is 6.05. The molecule has 150 valence electrons. The highest BCUT2D eigenvalue weighted by molar-refractivity contribution is 6.42. The summed E-state index contributed by atoms with van der Waals surface area (Å²) in [5, 5.41) is 2.07. The highest BCUT2D eigenvalue weighted by Crippen LogP contribution is 2.32. The minimum absolute atomic E-state index is 0.151. The number of benzene rings is 2. The topological polar surface area (TPSA) is 36.9 Å². The van der Waals surface area contributed by atoms with Crippen LogP contribution in [0.5, 0.6) is 0 Å². The molecule has 0 saturated carbocycles. The third-order valence-corrected chi connectivity index (χ3v) is 6.34. The fraction of sp³-hybridized carbons (Fsp3) is 0.400. The molecule has 2 aliphatic heterocycles. The van der Waals surface area contributed by atoms with Crippen LogP contribution in [-0.4, -0.2) is 37.6 Å². The highest BCUT2D eigenvalue weighted by atomic mass is 35.5. The molecule has 2 aliphatic rings. The highest BCUT2D eigenvalue weighted by Gasteiger charge is 2.48. The monoisotopic (exact) mass is 462 g/mol. The molecule has 2 saturated heterocycles. The Morgan fingerprint density at radius 3 is 1.50 bits per heavy atom. The van der Waals surface area contributed by atoms with E-state index < -0.39 is 0 Å². The van der Waals surface area contributed by atoms with Gasteiger partial charge >= 0.3 is 0 Å². The lowest BCUT2D eigenvalue weighted by atomic mass is 10.1. The average Bonchev–Trinajstić information content (AvgIpc) is 3.26. The Balaban J connectivity index is 1.30. The normalized spacial score (nSPS) is 26.6. The zero-order valence-electron chi connectivity index (χ0n) is 14.7. The summed E-state index contributed by atoms with van der Waals surface area (Å²) in [4.78, 5) is 0. The van der Waals surface area contributed by atoms with Crippen LogP contribution in [0, 0.1) is 0 Å². The Morgan fingerprint density at radius 1 is 0.679 bits per heavy atom. The van der Waals surface area contributed by atoms with Gasteiger partial charge in [0.05, 0.1) is 46.5 Å². The van der Waals surface area contributed by atoms with Crippen molar-refractivity contribution in [2.24, 2.45) is 0 Å². The first-order valence-electron chi connectivity index (χ1n) is 8.85. The summed E-state index contributed by atoms with van der Waals surface area (Å²) in [5.74, 6) is 0. The maximum absolute atomic E-state index is 6.05. The van der Waals surface area contributed by atoms with Crippen LogP contribution in [0.15, 0.2) is 36.4 Å². The van der Waals surface area contributed by atoms with E-state index in [0.717, 1.165) is 11.1 Å². The summed E-state index contributed by atoms with van der Waals surface area (Å²) in [7, 11) is 0. The Morgan fingerprint density at radius 2 is 1.11 bits per heavy atom. The molecule has 0 aromatic heterocycles. The second kappa shape index (κ2) is 9.07. The van der Waals surface area contributed by atoms with Crippen molar-refractivity contribution >= 4 is 46.4 Å². The third kappa shape index (κ3) is 4.61. The van der Waals surface area contributed by atoms with E-state index in [1.807, 2.05) is 12.1 Å². The van der Waals surface area contributed by atoms with Crippen LogP contribution in [0.25, 0.3) is 0 Å². The second-order valence-electron chi connectivity index (χ2n) is 6.79. The van der Waals surface area contributed by atoms with Gasteiger partial charge in [-0.25, -0.2) is 0 Å². The van der Waals surface area contributed by atoms with Crippen LogP contribution >= 0.6 is 46.4 Å². The van der Waals surface area contributed by atoms with Gasteiger partial charge in [-0.15, -0.1) is 0 Å². The molecule has 0 radical (unpaired) electrons. The molecular weight excluding hydrogens is 446 g/mol. The summed E-state index contributed by atoms with van der Waals surface area (Å²) in [6.45, 7) is 1.74. The lowest BCUT2D eigenvalue weighted by molar-refractivity contribution is -0.0580. The lowest BCUT2D eigenvalue weighted by Crippen LogP contribution is -2.34. The zero-order valence-corrected chi connectivity index (χ0v) is 17.8. The predicted molar refractivity (Wildman–Crippen MR) is 110 cm³/mol. The fourth-order valence-electron chi connectivity index (χ4n) is 3.38. The molecule has 8 heteroatoms. The quantitative estimate of drug-likeness (QED) is 0.561. The Bertz CT molecular complexity index is 777. The van der Waals surface area contributed by atoms with E-state index in [4.69, 9.17) is 65.4 Å². The number of rotatable bonds is 6. The van der Waals surface area contributed by atoms with Crippen molar-refractivity contribution in [3.8, 4) is 0 Å². The summed E-state index contributed by atoms with van der Waals surface area (Å²) >= 11 is 24.0. The van der Waals surface area contributed by atoms with Crippen molar-refractivity contribution in [2.45, 2.75) is 37.6 Å². The fourth-order valence-corrected chi connectivity index (χ4v) is 4.02. The summed E-state index contributed by atoms with van der Waals surface area (Å²) in [5.41, 5.74) is 1.89. The Labute approximate surface area is 183 Å². The van der Waals surface area contributed by atoms with Crippen molar-refractivity contribution in [1.29, 1.82) is 0 Å². The smallest absolute Gasteiger partial charge is 0.115 e. The number of halogens is 4. The Hall–Kier alpha value is -0.560. The van der Waals surface area contributed by atoms with E-state index >= 15 is 0 Å². The molecule has 4 atom stereocenters. The van der Waals surface area contributed by atoms with E-state index in [-0.39, 0.29) is 24.4 Å². The molecular formula is C20H18Cl4O4. The summed E-state index contributed by atoms with van der Waals surface area (Å²) in [6, 6.07) is 10.9. The number of fused-ring (bicyclic) bond motifs is 1. The predicted octanol–water partition coefficient (Wildman–Crippen LogP) is 5.57. The number of ether oxygens (including phenoxy) is 4. The van der Waals surface area contributed by atoms with Crippen LogP contribution in [0.1, 0.15) is 11.1 Å². The molecule has 2 aromatic rings. The van der Waals surface area contributed by atoms with Gasteiger partial charge in [-0.3, -0.25) is 0 Å². The van der Waals surface area contributed by atoms with Gasteiger partial charge in [-0.1, -0.05) is 58.5 Å². The van der Waals surface area contributed by atoms with Crippen LogP contribution in [-0.2, 0) is 32.2 Å². The number of hydrogen-bond donors (Lipinski definition) is 0. The molecule has 4 nitrogen and oxygen atoms in total. The van der Waals surface area contributed by atoms with Gasteiger partial charge < -0.3 is 18.9 Å². The molecule has 0 N–H and O–H groups in total. The molecule has 0 bridgehead atoms. The standard InChI is InChI=1S/C20H18Cl4O4/c21-13-3-1-11(5-15(13)23)7-25-17-9-27-20-18(10-28-19(17)20)26-8-12-2-4-14(22)16(24)6-12/h1-6,17-20H,7-10H2/t17-,18+,19-,20-/m1/s1. The van der Waals surface area contributed by atoms with E-state index in [1.165, 1.54) is 0 Å². The summed E-state index contributed by atoms with van der Waals surface area (Å²) in [6.07, 6.45) is -0.612. The molecule has 2 aromatic carbocycles. The van der Waals surface area contributed by atoms with Crippen molar-refractivity contribution in [1.82, 2.24) is 0 Å². The maximum Gasteiger partial charge on any atom is 0.115 e. The average molecular weight is 464 g/mol. The molecule has 2 fully saturated rings. The van der Waals surface area contributed by atoms with E-state index in [2.05, 4.69) is 0 Å². The first-order valence-corrected chi connectivity index (χ1v) is 10.4. The van der Waals surface area contributed by atoms with Gasteiger partial charge in [0.2, 0.25) is 0 Å². The first kappa shape index (κ1) is 20.7. The molecule has 2 heterocycles. The molecule has 0 aliphatic carbocycles. The number of hydrogen-bond acceptors (Lipinski definition) is 4. The van der Waals surface area contributed by atoms with E-state index in [9.17, 15) is 0 Å². The molecule has 4 rings (SSSR count). The first-order chi connectivity index (χ1) is 13.5. The Kier molecular flexibility index (Phi) is 6.70. The second-order valence-corrected chi connectivity index (χ2v) is 8.42. The molecule has 0 unspecified atom stereocenters. The summed E-state index contributed by atoms with van der Waals surface area (Å²) < 4.78 is 23.8. The molecule has 0 amide bonds. The van der Waals surface area contributed by atoms with Crippen molar-refractivity contribution in [2.75, 3.05) is 13.2 Å². The molecule has 28 heavy (non-hydrogen) atoms. The van der Waals surface area contributed by atoms with Gasteiger partial charge in [0.1, 0.15) is 24.4 Å². The van der Waals surface area contributed by atoms with Gasteiger partial charge in [0.15, 0.2) is 0 Å². The van der Waals surface area contributed by atoms with Crippen molar-refractivity contribution < 1.29 is 18.9 Å². The van der Waals surface area contributed by atoms with Gasteiger partial charge in [-0.2, -0.15) is 0 Å². The van der Waals surface area contributed by atoms with Crippen LogP contribution in [0.2, 0.25) is 20.1 Å². The minimum atomic E-state index is -0.155. The lowest BCUT2D eigenvalue weighted by Gasteiger charge is -2.18. The van der Waals surface area contributed by atoms with Crippen molar-refractivity contribution in [3.05, 3.63) is 67.6 Å². The SMILES string of the molecule is Clc1ccc(CO[C@H]2CO[C@H]3[C@@H]2OC[C@H]3OCc2ccc(Cl)c(Cl)c2)cc1Cl. The zero-order chi connectivity index (χ0) is 19.7. The van der Waals surface area contributed by atoms with Crippen LogP contribution in [0.3, 0.4) is 0 Å². The van der Waals surface area contributed by atoms with Gasteiger partial charge in [0, 0.05) is 0 Å². The largest absolute Gasteiger partial charge is 0.370 e. The van der Waals surface area contributed by atoms with Gasteiger partial charge in [0.25, 0.3) is 0 Å². The van der Waals surface area contributed by atoms with Gasteiger partial charge in [-0.05, 0) is 35.4 Å². The van der Waals surface area contributed by atoms with Crippen LogP contribution < -0.4 is 0 Å². The van der Waals surface area contributed by atoms with E-state index in [0.29, 0.717) is 46.5 Å². The van der Waals surface area contributed by atoms with E-state index in [1.54, 1.807) is 24.3 Å². The minimum Gasteiger partial charge on any atom is -0.370 e.